The number of carbonyl (C=O) groups is 1. The van der Waals surface area contributed by atoms with Crippen LogP contribution in [0.1, 0.15) is 43.5 Å². The molecular weight excluding hydrogens is 571 g/mol. The van der Waals surface area contributed by atoms with Crippen molar-refractivity contribution < 1.29 is 28.1 Å². The third-order valence-corrected chi connectivity index (χ3v) is 7.78. The van der Waals surface area contributed by atoms with Gasteiger partial charge < -0.3 is 18.9 Å². The second-order valence-corrected chi connectivity index (χ2v) is 10.6. The molecule has 1 aliphatic heterocycles. The molecule has 0 amide bonds. The first-order chi connectivity index (χ1) is 20.8. The van der Waals surface area contributed by atoms with Crippen molar-refractivity contribution in [2.24, 2.45) is 4.99 Å². The van der Waals surface area contributed by atoms with E-state index < -0.39 is 12.0 Å². The van der Waals surface area contributed by atoms with E-state index in [1.165, 1.54) is 28.0 Å². The van der Waals surface area contributed by atoms with Gasteiger partial charge in [-0.3, -0.25) is 9.36 Å². The van der Waals surface area contributed by atoms with Crippen LogP contribution in [0, 0.1) is 5.82 Å². The van der Waals surface area contributed by atoms with Gasteiger partial charge in [-0.1, -0.05) is 41.7 Å². The number of halogens is 1. The van der Waals surface area contributed by atoms with E-state index in [-0.39, 0.29) is 24.6 Å². The molecule has 43 heavy (non-hydrogen) atoms. The van der Waals surface area contributed by atoms with Gasteiger partial charge in [0.25, 0.3) is 5.56 Å². The number of methoxy groups -OCH3 is 1. The van der Waals surface area contributed by atoms with Gasteiger partial charge in [0, 0.05) is 0 Å². The molecule has 10 heteroatoms. The van der Waals surface area contributed by atoms with Crippen LogP contribution in [0.5, 0.6) is 17.2 Å². The molecule has 0 saturated heterocycles. The summed E-state index contributed by atoms with van der Waals surface area (Å²) < 4.78 is 37.8. The number of allylic oxidation sites excluding steroid dienone is 1. The largest absolute Gasteiger partial charge is 0.497 e. The Morgan fingerprint density at radius 1 is 1.02 bits per heavy atom. The number of carbonyl (C=O) groups excluding carboxylic acids is 1. The van der Waals surface area contributed by atoms with Gasteiger partial charge in [0.05, 0.1) is 42.2 Å². The van der Waals surface area contributed by atoms with E-state index in [9.17, 15) is 14.0 Å². The van der Waals surface area contributed by atoms with E-state index in [4.69, 9.17) is 18.9 Å². The number of thiazole rings is 1. The molecule has 0 N–H and O–H groups in total. The van der Waals surface area contributed by atoms with Gasteiger partial charge in [-0.25, -0.2) is 14.2 Å². The normalized spacial score (nSPS) is 14.6. The average molecular weight is 603 g/mol. The fourth-order valence-corrected chi connectivity index (χ4v) is 5.86. The van der Waals surface area contributed by atoms with Crippen LogP contribution < -0.4 is 29.1 Å². The van der Waals surface area contributed by atoms with E-state index in [0.717, 1.165) is 11.1 Å². The minimum Gasteiger partial charge on any atom is -0.497 e. The zero-order valence-corrected chi connectivity index (χ0v) is 25.1. The SMILES string of the molecule is CCOC(=O)C1=C(C)N=c2s/c(=C\c3ccc(OCc4ccc(F)cc4)c(OCC)c3)c(=O)n2[C@H]1c1cccc(OC)c1. The maximum Gasteiger partial charge on any atom is 0.338 e. The molecule has 0 unspecified atom stereocenters. The van der Waals surface area contributed by atoms with Gasteiger partial charge in [-0.15, -0.1) is 0 Å². The maximum atomic E-state index is 13.9. The number of aromatic nitrogens is 1. The van der Waals surface area contributed by atoms with Crippen molar-refractivity contribution in [3.05, 3.63) is 120 Å². The molecule has 3 aromatic carbocycles. The first-order valence-electron chi connectivity index (χ1n) is 13.8. The Morgan fingerprint density at radius 3 is 2.53 bits per heavy atom. The zero-order chi connectivity index (χ0) is 30.5. The molecule has 5 rings (SSSR count). The monoisotopic (exact) mass is 602 g/mol. The summed E-state index contributed by atoms with van der Waals surface area (Å²) in [5.74, 6) is 0.806. The lowest BCUT2D eigenvalue weighted by Gasteiger charge is -2.25. The van der Waals surface area contributed by atoms with Crippen molar-refractivity contribution in [3.8, 4) is 17.2 Å². The third-order valence-electron chi connectivity index (χ3n) is 6.80. The number of fused-ring (bicyclic) bond motifs is 1. The second-order valence-electron chi connectivity index (χ2n) is 9.63. The number of hydrogen-bond donors (Lipinski definition) is 0. The topological polar surface area (TPSA) is 88.4 Å². The molecule has 4 aromatic rings. The summed E-state index contributed by atoms with van der Waals surface area (Å²) >= 11 is 1.24. The first-order valence-corrected chi connectivity index (χ1v) is 14.6. The van der Waals surface area contributed by atoms with Gasteiger partial charge >= 0.3 is 5.97 Å². The number of esters is 1. The summed E-state index contributed by atoms with van der Waals surface area (Å²) in [5, 5.41) is 0. The van der Waals surface area contributed by atoms with Crippen LogP contribution in [-0.2, 0) is 16.1 Å². The van der Waals surface area contributed by atoms with Crippen molar-refractivity contribution in [3.63, 3.8) is 0 Å². The third kappa shape index (κ3) is 6.39. The summed E-state index contributed by atoms with van der Waals surface area (Å²) in [4.78, 5) is 32.2. The number of hydrogen-bond acceptors (Lipinski definition) is 8. The van der Waals surface area contributed by atoms with E-state index >= 15 is 0 Å². The molecule has 1 aliphatic rings. The highest BCUT2D eigenvalue weighted by atomic mass is 32.1. The molecule has 0 bridgehead atoms. The van der Waals surface area contributed by atoms with Gasteiger partial charge in [0.15, 0.2) is 16.3 Å². The van der Waals surface area contributed by atoms with Crippen molar-refractivity contribution in [2.45, 2.75) is 33.4 Å². The molecule has 8 nitrogen and oxygen atoms in total. The van der Waals surface area contributed by atoms with Gasteiger partial charge in [-0.05, 0) is 79.9 Å². The standard InChI is InChI=1S/C33H31FN2O6S/c1-5-40-27-16-22(12-15-26(27)42-19-21-10-13-24(34)14-11-21)17-28-31(37)36-30(23-8-7-9-25(18-23)39-4)29(32(38)41-6-2)20(3)35-33(36)43-28/h7-18,30H,5-6,19H2,1-4H3/b28-17-/t30-/m0/s1. The molecule has 0 aliphatic carbocycles. The molecule has 0 spiro atoms. The summed E-state index contributed by atoms with van der Waals surface area (Å²) in [6, 6.07) is 18.0. The molecule has 222 valence electrons. The van der Waals surface area contributed by atoms with Crippen LogP contribution in [-0.4, -0.2) is 30.9 Å². The molecule has 0 saturated carbocycles. The van der Waals surface area contributed by atoms with Gasteiger partial charge in [-0.2, -0.15) is 0 Å². The summed E-state index contributed by atoms with van der Waals surface area (Å²) in [7, 11) is 1.56. The Hall–Kier alpha value is -4.70. The molecule has 0 fully saturated rings. The Kier molecular flexibility index (Phi) is 9.06. The fraction of sp³-hybridized carbons (Fsp3) is 0.242. The lowest BCUT2D eigenvalue weighted by atomic mass is 9.95. The predicted molar refractivity (Wildman–Crippen MR) is 162 cm³/mol. The summed E-state index contributed by atoms with van der Waals surface area (Å²) in [6.07, 6.45) is 1.77. The zero-order valence-electron chi connectivity index (χ0n) is 24.3. The molecule has 1 atom stereocenters. The Bertz CT molecular complexity index is 1860. The van der Waals surface area contributed by atoms with Gasteiger partial charge in [0.1, 0.15) is 18.2 Å². The number of ether oxygens (including phenoxy) is 4. The van der Waals surface area contributed by atoms with E-state index in [1.807, 2.05) is 25.1 Å². The minimum absolute atomic E-state index is 0.191. The lowest BCUT2D eigenvalue weighted by molar-refractivity contribution is -0.139. The molecule has 1 aromatic heterocycles. The van der Waals surface area contributed by atoms with Crippen LogP contribution in [0.15, 0.2) is 87.8 Å². The van der Waals surface area contributed by atoms with Crippen LogP contribution in [0.2, 0.25) is 0 Å². The molecule has 0 radical (unpaired) electrons. The van der Waals surface area contributed by atoms with E-state index in [1.54, 1.807) is 63.4 Å². The van der Waals surface area contributed by atoms with Crippen molar-refractivity contribution in [2.75, 3.05) is 20.3 Å². The average Bonchev–Trinajstić information content (AvgIpc) is 3.30. The minimum atomic E-state index is -0.742. The Balaban J connectivity index is 1.56. The van der Waals surface area contributed by atoms with Crippen LogP contribution in [0.25, 0.3) is 6.08 Å². The van der Waals surface area contributed by atoms with Crippen molar-refractivity contribution in [1.29, 1.82) is 0 Å². The highest BCUT2D eigenvalue weighted by Crippen LogP contribution is 2.33. The number of benzene rings is 3. The Morgan fingerprint density at radius 2 is 1.81 bits per heavy atom. The summed E-state index contributed by atoms with van der Waals surface area (Å²) in [6.45, 7) is 6.20. The van der Waals surface area contributed by atoms with Crippen LogP contribution >= 0.6 is 11.3 Å². The quantitative estimate of drug-likeness (QED) is 0.240. The predicted octanol–water partition coefficient (Wildman–Crippen LogP) is 4.92. The number of rotatable bonds is 10. The van der Waals surface area contributed by atoms with Crippen molar-refractivity contribution in [1.82, 2.24) is 4.57 Å². The van der Waals surface area contributed by atoms with Crippen LogP contribution in [0.3, 0.4) is 0 Å². The highest BCUT2D eigenvalue weighted by Gasteiger charge is 2.33. The second kappa shape index (κ2) is 13.1. The van der Waals surface area contributed by atoms with Gasteiger partial charge in [0.2, 0.25) is 0 Å². The summed E-state index contributed by atoms with van der Waals surface area (Å²) in [5.41, 5.74) is 2.74. The number of nitrogens with zero attached hydrogens (tertiary/aromatic N) is 2. The maximum absolute atomic E-state index is 13.9. The molecular formula is C33H31FN2O6S. The van der Waals surface area contributed by atoms with E-state index in [2.05, 4.69) is 4.99 Å². The van der Waals surface area contributed by atoms with Crippen molar-refractivity contribution >= 4 is 23.4 Å². The fourth-order valence-electron chi connectivity index (χ4n) is 4.81. The molecule has 2 heterocycles. The van der Waals surface area contributed by atoms with Crippen LogP contribution in [0.4, 0.5) is 4.39 Å². The smallest absolute Gasteiger partial charge is 0.338 e. The van der Waals surface area contributed by atoms with E-state index in [0.29, 0.717) is 50.0 Å². The Labute approximate surface area is 252 Å². The highest BCUT2D eigenvalue weighted by molar-refractivity contribution is 7.07. The lowest BCUT2D eigenvalue weighted by Crippen LogP contribution is -2.39. The first kappa shape index (κ1) is 29.8.